The van der Waals surface area contributed by atoms with E-state index >= 15 is 0 Å². The van der Waals surface area contributed by atoms with Crippen molar-refractivity contribution in [2.75, 3.05) is 0 Å². The van der Waals surface area contributed by atoms with Gasteiger partial charge in [0.05, 0.1) is 12.5 Å². The maximum absolute atomic E-state index is 14.0. The second-order valence-corrected chi connectivity index (χ2v) is 4.43. The quantitative estimate of drug-likeness (QED) is 0.730. The average molecular weight is 272 g/mol. The van der Waals surface area contributed by atoms with Gasteiger partial charge in [0, 0.05) is 24.4 Å². The molecule has 20 heavy (non-hydrogen) atoms. The largest absolute Gasteiger partial charge is 0.486 e. The molecule has 2 aromatic heterocycles. The lowest BCUT2D eigenvalue weighted by Gasteiger charge is -2.07. The summed E-state index contributed by atoms with van der Waals surface area (Å²) in [6.45, 7) is 0.283. The second-order valence-electron chi connectivity index (χ2n) is 4.43. The first kappa shape index (κ1) is 12.5. The summed E-state index contributed by atoms with van der Waals surface area (Å²) in [6.07, 6.45) is 5.07. The van der Waals surface area contributed by atoms with Gasteiger partial charge in [0.25, 0.3) is 0 Å². The molecule has 3 rings (SSSR count). The summed E-state index contributed by atoms with van der Waals surface area (Å²) in [6, 6.07) is 8.31. The molecule has 1 aromatic carbocycles. The molecule has 0 aliphatic carbocycles. The smallest absolute Gasteiger partial charge is 0.165 e. The van der Waals surface area contributed by atoms with Crippen molar-refractivity contribution in [2.24, 2.45) is 7.05 Å². The molecular formula is C15H13FN2O2. The van der Waals surface area contributed by atoms with Gasteiger partial charge in [-0.25, -0.2) is 4.39 Å². The van der Waals surface area contributed by atoms with E-state index in [2.05, 4.69) is 5.10 Å². The molecule has 0 spiro atoms. The van der Waals surface area contributed by atoms with Gasteiger partial charge in [-0.05, 0) is 30.3 Å². The topological polar surface area (TPSA) is 40.2 Å². The molecule has 0 fully saturated rings. The Balaban J connectivity index is 1.74. The van der Waals surface area contributed by atoms with Crippen molar-refractivity contribution < 1.29 is 13.5 Å². The van der Waals surface area contributed by atoms with E-state index in [1.807, 2.05) is 13.2 Å². The van der Waals surface area contributed by atoms with Crippen LogP contribution in [0.1, 0.15) is 5.56 Å². The maximum Gasteiger partial charge on any atom is 0.165 e. The Morgan fingerprint density at radius 1 is 1.35 bits per heavy atom. The summed E-state index contributed by atoms with van der Waals surface area (Å²) in [5.74, 6) is 0.426. The van der Waals surface area contributed by atoms with Crippen LogP contribution in [0.3, 0.4) is 0 Å². The Kier molecular flexibility index (Phi) is 3.25. The predicted octanol–water partition coefficient (Wildman–Crippen LogP) is 3.40. The van der Waals surface area contributed by atoms with Crippen molar-refractivity contribution in [3.05, 3.63) is 60.4 Å². The first-order valence-corrected chi connectivity index (χ1v) is 6.16. The monoisotopic (exact) mass is 272 g/mol. The van der Waals surface area contributed by atoms with Crippen LogP contribution in [-0.4, -0.2) is 9.78 Å². The lowest BCUT2D eigenvalue weighted by Crippen LogP contribution is -1.96. The van der Waals surface area contributed by atoms with Gasteiger partial charge in [0.15, 0.2) is 11.6 Å². The number of benzene rings is 1. The number of ether oxygens (including phenoxy) is 1. The van der Waals surface area contributed by atoms with E-state index in [0.717, 1.165) is 5.56 Å². The first-order valence-electron chi connectivity index (χ1n) is 6.16. The standard InChI is InChI=1S/C15H13FN2O2/c1-18-9-11(8-17-18)10-20-15-5-4-12(7-13(15)16)14-3-2-6-19-14/h2-9H,10H2,1H3. The maximum atomic E-state index is 14.0. The highest BCUT2D eigenvalue weighted by Crippen LogP contribution is 2.26. The van der Waals surface area contributed by atoms with E-state index in [9.17, 15) is 4.39 Å². The molecule has 0 saturated carbocycles. The zero-order valence-electron chi connectivity index (χ0n) is 10.9. The molecule has 0 bridgehead atoms. The SMILES string of the molecule is Cn1cc(COc2ccc(-c3ccco3)cc2F)cn1. The fourth-order valence-electron chi connectivity index (χ4n) is 1.92. The van der Waals surface area contributed by atoms with Crippen LogP contribution < -0.4 is 4.74 Å². The van der Waals surface area contributed by atoms with Crippen LogP contribution >= 0.6 is 0 Å². The molecule has 0 N–H and O–H groups in total. The average Bonchev–Trinajstić information content (AvgIpc) is 3.08. The minimum atomic E-state index is -0.414. The first-order chi connectivity index (χ1) is 9.72. The Bertz CT molecular complexity index is 704. The zero-order chi connectivity index (χ0) is 13.9. The number of hydrogen-bond donors (Lipinski definition) is 0. The number of aryl methyl sites for hydroxylation is 1. The Labute approximate surface area is 115 Å². The number of aromatic nitrogens is 2. The third-order valence-electron chi connectivity index (χ3n) is 2.89. The third kappa shape index (κ3) is 2.56. The van der Waals surface area contributed by atoms with Crippen LogP contribution in [-0.2, 0) is 13.7 Å². The van der Waals surface area contributed by atoms with E-state index in [-0.39, 0.29) is 12.4 Å². The Morgan fingerprint density at radius 3 is 2.90 bits per heavy atom. The molecule has 0 aliphatic heterocycles. The van der Waals surface area contributed by atoms with Crippen LogP contribution in [0, 0.1) is 5.82 Å². The molecule has 2 heterocycles. The van der Waals surface area contributed by atoms with Crippen LogP contribution in [0.5, 0.6) is 5.75 Å². The Hall–Kier alpha value is -2.56. The zero-order valence-corrected chi connectivity index (χ0v) is 10.9. The number of furan rings is 1. The summed E-state index contributed by atoms with van der Waals surface area (Å²) in [5, 5.41) is 4.03. The number of hydrogen-bond acceptors (Lipinski definition) is 3. The summed E-state index contributed by atoms with van der Waals surface area (Å²) < 4.78 is 26.3. The molecule has 5 heteroatoms. The molecule has 0 saturated heterocycles. The fourth-order valence-corrected chi connectivity index (χ4v) is 1.92. The summed E-state index contributed by atoms with van der Waals surface area (Å²) >= 11 is 0. The molecule has 0 radical (unpaired) electrons. The lowest BCUT2D eigenvalue weighted by atomic mass is 10.1. The van der Waals surface area contributed by atoms with Crippen LogP contribution in [0.2, 0.25) is 0 Å². The molecule has 0 unspecified atom stereocenters. The molecule has 0 atom stereocenters. The van der Waals surface area contributed by atoms with E-state index < -0.39 is 5.82 Å². The minimum absolute atomic E-state index is 0.212. The lowest BCUT2D eigenvalue weighted by molar-refractivity contribution is 0.290. The molecule has 0 aliphatic rings. The van der Waals surface area contributed by atoms with Crippen molar-refractivity contribution in [1.82, 2.24) is 9.78 Å². The van der Waals surface area contributed by atoms with Gasteiger partial charge in [-0.1, -0.05) is 0 Å². The van der Waals surface area contributed by atoms with Crippen LogP contribution in [0.15, 0.2) is 53.4 Å². The summed E-state index contributed by atoms with van der Waals surface area (Å²) in [5.41, 5.74) is 1.57. The van der Waals surface area contributed by atoms with E-state index in [0.29, 0.717) is 11.3 Å². The van der Waals surface area contributed by atoms with Crippen LogP contribution in [0.4, 0.5) is 4.39 Å². The number of halogens is 1. The van der Waals surface area contributed by atoms with Crippen LogP contribution in [0.25, 0.3) is 11.3 Å². The van der Waals surface area contributed by atoms with E-state index in [1.54, 1.807) is 41.4 Å². The second kappa shape index (κ2) is 5.21. The fraction of sp³-hybridized carbons (Fsp3) is 0.133. The van der Waals surface area contributed by atoms with Crippen molar-refractivity contribution in [3.63, 3.8) is 0 Å². The van der Waals surface area contributed by atoms with Crippen molar-refractivity contribution in [2.45, 2.75) is 6.61 Å². The molecule has 4 nitrogen and oxygen atoms in total. The Morgan fingerprint density at radius 2 is 2.25 bits per heavy atom. The normalized spacial score (nSPS) is 10.7. The number of rotatable bonds is 4. The molecular weight excluding hydrogens is 259 g/mol. The van der Waals surface area contributed by atoms with Gasteiger partial charge in [0.2, 0.25) is 0 Å². The van der Waals surface area contributed by atoms with Crippen molar-refractivity contribution >= 4 is 0 Å². The highest BCUT2D eigenvalue weighted by atomic mass is 19.1. The third-order valence-corrected chi connectivity index (χ3v) is 2.89. The minimum Gasteiger partial charge on any atom is -0.486 e. The van der Waals surface area contributed by atoms with Gasteiger partial charge in [0.1, 0.15) is 12.4 Å². The van der Waals surface area contributed by atoms with E-state index in [1.165, 1.54) is 6.07 Å². The highest BCUT2D eigenvalue weighted by Gasteiger charge is 2.08. The van der Waals surface area contributed by atoms with Gasteiger partial charge < -0.3 is 9.15 Å². The molecule has 102 valence electrons. The predicted molar refractivity (Wildman–Crippen MR) is 71.6 cm³/mol. The highest BCUT2D eigenvalue weighted by molar-refractivity contribution is 5.58. The van der Waals surface area contributed by atoms with Gasteiger partial charge in [-0.3, -0.25) is 4.68 Å². The van der Waals surface area contributed by atoms with E-state index in [4.69, 9.17) is 9.15 Å². The van der Waals surface area contributed by atoms with Gasteiger partial charge in [-0.2, -0.15) is 5.10 Å². The summed E-state index contributed by atoms with van der Waals surface area (Å²) in [7, 11) is 1.82. The van der Waals surface area contributed by atoms with Gasteiger partial charge in [-0.15, -0.1) is 0 Å². The van der Waals surface area contributed by atoms with Gasteiger partial charge >= 0.3 is 0 Å². The molecule has 0 amide bonds. The van der Waals surface area contributed by atoms with Crippen molar-refractivity contribution in [1.29, 1.82) is 0 Å². The summed E-state index contributed by atoms with van der Waals surface area (Å²) in [4.78, 5) is 0. The molecule has 3 aromatic rings. The number of nitrogens with zero attached hydrogens (tertiary/aromatic N) is 2. The van der Waals surface area contributed by atoms with Crippen molar-refractivity contribution in [3.8, 4) is 17.1 Å².